The number of nitrogens with zero attached hydrogens (tertiary/aromatic N) is 3. The quantitative estimate of drug-likeness (QED) is 0.822. The van der Waals surface area contributed by atoms with Crippen LogP contribution in [-0.2, 0) is 11.3 Å². The number of nitrogens with one attached hydrogen (secondary N) is 1. The van der Waals surface area contributed by atoms with E-state index in [0.29, 0.717) is 11.6 Å². The second-order valence-corrected chi connectivity index (χ2v) is 6.93. The van der Waals surface area contributed by atoms with E-state index in [1.807, 2.05) is 6.92 Å². The number of hydrogen-bond acceptors (Lipinski definition) is 4. The van der Waals surface area contributed by atoms with Gasteiger partial charge in [-0.2, -0.15) is 0 Å². The molecule has 1 aromatic heterocycles. The zero-order chi connectivity index (χ0) is 16.4. The van der Waals surface area contributed by atoms with Crippen LogP contribution in [0.1, 0.15) is 38.4 Å². The number of thioether (sulfide) groups is 1. The van der Waals surface area contributed by atoms with Crippen molar-refractivity contribution in [2.24, 2.45) is 0 Å². The summed E-state index contributed by atoms with van der Waals surface area (Å²) >= 11 is 1.38. The first-order chi connectivity index (χ1) is 11.1. The smallest absolute Gasteiger partial charge is 0.237 e. The molecule has 1 amide bonds. The highest BCUT2D eigenvalue weighted by atomic mass is 32.2. The first-order valence-electron chi connectivity index (χ1n) is 7.74. The summed E-state index contributed by atoms with van der Waals surface area (Å²) in [4.78, 5) is 12.3. The molecule has 23 heavy (non-hydrogen) atoms. The van der Waals surface area contributed by atoms with Crippen molar-refractivity contribution >= 4 is 23.4 Å². The van der Waals surface area contributed by atoms with Crippen LogP contribution in [0.15, 0.2) is 29.4 Å². The molecule has 1 aliphatic rings. The van der Waals surface area contributed by atoms with E-state index < -0.39 is 0 Å². The summed E-state index contributed by atoms with van der Waals surface area (Å²) in [6, 6.07) is 5.88. The van der Waals surface area contributed by atoms with Gasteiger partial charge in [-0.15, -0.1) is 10.2 Å². The highest BCUT2D eigenvalue weighted by Crippen LogP contribution is 2.40. The number of carbonyl (C=O) groups is 1. The van der Waals surface area contributed by atoms with Gasteiger partial charge in [0.05, 0.1) is 5.25 Å². The van der Waals surface area contributed by atoms with Crippen molar-refractivity contribution in [3.8, 4) is 0 Å². The number of amides is 1. The fourth-order valence-corrected chi connectivity index (χ4v) is 3.27. The number of benzene rings is 1. The summed E-state index contributed by atoms with van der Waals surface area (Å²) < 4.78 is 15.2. The van der Waals surface area contributed by atoms with Gasteiger partial charge in [-0.1, -0.05) is 17.8 Å². The van der Waals surface area contributed by atoms with Gasteiger partial charge in [-0.25, -0.2) is 4.39 Å². The highest BCUT2D eigenvalue weighted by molar-refractivity contribution is 8.00. The van der Waals surface area contributed by atoms with Gasteiger partial charge in [0, 0.05) is 18.2 Å². The SMILES string of the molecule is CCn1c(S[C@@H](C)C(=O)Nc2cccc(F)c2)nnc1C1CC1. The van der Waals surface area contributed by atoms with Gasteiger partial charge in [0.25, 0.3) is 0 Å². The molecule has 122 valence electrons. The first-order valence-corrected chi connectivity index (χ1v) is 8.62. The molecule has 1 heterocycles. The summed E-state index contributed by atoms with van der Waals surface area (Å²) in [6.45, 7) is 4.65. The fraction of sp³-hybridized carbons (Fsp3) is 0.438. The molecule has 5 nitrogen and oxygen atoms in total. The highest BCUT2D eigenvalue weighted by Gasteiger charge is 2.30. The number of halogens is 1. The summed E-state index contributed by atoms with van der Waals surface area (Å²) in [7, 11) is 0. The summed E-state index contributed by atoms with van der Waals surface area (Å²) in [5.74, 6) is 0.989. The molecule has 0 unspecified atom stereocenters. The van der Waals surface area contributed by atoms with Crippen LogP contribution in [0.2, 0.25) is 0 Å². The lowest BCUT2D eigenvalue weighted by Crippen LogP contribution is -2.23. The van der Waals surface area contributed by atoms with Crippen LogP contribution in [0, 0.1) is 5.82 Å². The largest absolute Gasteiger partial charge is 0.325 e. The van der Waals surface area contributed by atoms with Crippen molar-refractivity contribution in [1.29, 1.82) is 0 Å². The predicted octanol–water partition coefficient (Wildman–Crippen LogP) is 3.43. The minimum Gasteiger partial charge on any atom is -0.325 e. The first kappa shape index (κ1) is 16.0. The Bertz CT molecular complexity index is 714. The Morgan fingerprint density at radius 1 is 1.48 bits per heavy atom. The van der Waals surface area contributed by atoms with E-state index in [9.17, 15) is 9.18 Å². The lowest BCUT2D eigenvalue weighted by molar-refractivity contribution is -0.115. The molecule has 1 aliphatic carbocycles. The Morgan fingerprint density at radius 2 is 2.26 bits per heavy atom. The van der Waals surface area contributed by atoms with Gasteiger partial charge in [0.15, 0.2) is 5.16 Å². The van der Waals surface area contributed by atoms with E-state index in [1.165, 1.54) is 36.7 Å². The molecule has 0 radical (unpaired) electrons. The molecule has 2 aromatic rings. The van der Waals surface area contributed by atoms with Crippen LogP contribution < -0.4 is 5.32 Å². The molecule has 0 bridgehead atoms. The number of rotatable bonds is 6. The van der Waals surface area contributed by atoms with Gasteiger partial charge < -0.3 is 9.88 Å². The third kappa shape index (κ3) is 3.72. The third-order valence-electron chi connectivity index (χ3n) is 3.75. The average molecular weight is 334 g/mol. The topological polar surface area (TPSA) is 59.8 Å². The normalized spacial score (nSPS) is 15.4. The van der Waals surface area contributed by atoms with Crippen LogP contribution in [0.4, 0.5) is 10.1 Å². The van der Waals surface area contributed by atoms with Crippen LogP contribution >= 0.6 is 11.8 Å². The molecule has 0 spiro atoms. The van der Waals surface area contributed by atoms with Gasteiger partial charge in [-0.05, 0) is 44.9 Å². The van der Waals surface area contributed by atoms with Crippen LogP contribution in [0.3, 0.4) is 0 Å². The van der Waals surface area contributed by atoms with Gasteiger partial charge >= 0.3 is 0 Å². The zero-order valence-corrected chi connectivity index (χ0v) is 13.9. The molecule has 0 aliphatic heterocycles. The number of anilines is 1. The molecule has 7 heteroatoms. The Hall–Kier alpha value is -1.89. The van der Waals surface area contributed by atoms with Crippen molar-refractivity contribution < 1.29 is 9.18 Å². The van der Waals surface area contributed by atoms with Crippen molar-refractivity contribution in [3.63, 3.8) is 0 Å². The fourth-order valence-electron chi connectivity index (χ4n) is 2.35. The second kappa shape index (κ2) is 6.70. The van der Waals surface area contributed by atoms with Crippen molar-refractivity contribution in [3.05, 3.63) is 35.9 Å². The summed E-state index contributed by atoms with van der Waals surface area (Å²) in [5.41, 5.74) is 0.457. The number of aromatic nitrogens is 3. The Labute approximate surface area is 138 Å². The summed E-state index contributed by atoms with van der Waals surface area (Å²) in [5, 5.41) is 11.6. The second-order valence-electron chi connectivity index (χ2n) is 5.62. The molecule has 1 aromatic carbocycles. The molecule has 1 N–H and O–H groups in total. The Balaban J connectivity index is 1.66. The monoisotopic (exact) mass is 334 g/mol. The standard InChI is InChI=1S/C16H19FN4OS/c1-3-21-14(11-7-8-11)19-20-16(21)23-10(2)15(22)18-13-6-4-5-12(17)9-13/h4-6,9-11H,3,7-8H2,1-2H3,(H,18,22)/t10-/m0/s1. The number of hydrogen-bond donors (Lipinski definition) is 1. The molecule has 1 fully saturated rings. The Morgan fingerprint density at radius 3 is 2.91 bits per heavy atom. The lowest BCUT2D eigenvalue weighted by atomic mass is 10.3. The van der Waals surface area contributed by atoms with Gasteiger partial charge in [0.2, 0.25) is 5.91 Å². The minimum atomic E-state index is -0.372. The van der Waals surface area contributed by atoms with E-state index in [-0.39, 0.29) is 17.0 Å². The minimum absolute atomic E-state index is 0.181. The zero-order valence-electron chi connectivity index (χ0n) is 13.1. The number of carbonyl (C=O) groups excluding carboxylic acids is 1. The Kier molecular flexibility index (Phi) is 4.66. The lowest BCUT2D eigenvalue weighted by Gasteiger charge is -2.12. The maximum absolute atomic E-state index is 13.2. The van der Waals surface area contributed by atoms with Crippen molar-refractivity contribution in [2.75, 3.05) is 5.32 Å². The van der Waals surface area contributed by atoms with Crippen molar-refractivity contribution in [1.82, 2.24) is 14.8 Å². The van der Waals surface area contributed by atoms with Crippen molar-refractivity contribution in [2.45, 2.75) is 49.6 Å². The van der Waals surface area contributed by atoms with E-state index in [0.717, 1.165) is 17.5 Å². The van der Waals surface area contributed by atoms with Crippen LogP contribution in [0.5, 0.6) is 0 Å². The third-order valence-corrected chi connectivity index (χ3v) is 4.83. The van der Waals surface area contributed by atoms with Gasteiger partial charge in [-0.3, -0.25) is 4.79 Å². The van der Waals surface area contributed by atoms with Crippen LogP contribution in [0.25, 0.3) is 0 Å². The summed E-state index contributed by atoms with van der Waals surface area (Å²) in [6.07, 6.45) is 2.33. The predicted molar refractivity (Wildman–Crippen MR) is 88.0 cm³/mol. The maximum Gasteiger partial charge on any atom is 0.237 e. The van der Waals surface area contributed by atoms with E-state index in [1.54, 1.807) is 12.1 Å². The molecule has 1 atom stereocenters. The molecule has 1 saturated carbocycles. The van der Waals surface area contributed by atoms with E-state index in [4.69, 9.17) is 0 Å². The molecule has 0 saturated heterocycles. The van der Waals surface area contributed by atoms with Gasteiger partial charge in [0.1, 0.15) is 11.6 Å². The molecular weight excluding hydrogens is 315 g/mol. The van der Waals surface area contributed by atoms with E-state index >= 15 is 0 Å². The molecule has 3 rings (SSSR count). The van der Waals surface area contributed by atoms with E-state index in [2.05, 4.69) is 27.0 Å². The van der Waals surface area contributed by atoms with Crippen LogP contribution in [-0.4, -0.2) is 25.9 Å². The average Bonchev–Trinajstić information content (AvgIpc) is 3.28. The molecular formula is C16H19FN4OS. The maximum atomic E-state index is 13.2.